The molecular weight excluding hydrogens is 611 g/mol. The minimum Gasteiger partial charge on any atom is -0.378 e. The third kappa shape index (κ3) is 5.45. The van der Waals surface area contributed by atoms with Crippen LogP contribution in [-0.4, -0.2) is 119 Å². The number of likely N-dealkylation sites (tertiary alicyclic amines) is 2. The third-order valence-corrected chi connectivity index (χ3v) is 13.0. The van der Waals surface area contributed by atoms with E-state index in [2.05, 4.69) is 71.6 Å². The average molecular weight is 658 g/mol. The second-order valence-corrected chi connectivity index (χ2v) is 16.3. The van der Waals surface area contributed by atoms with E-state index in [0.29, 0.717) is 57.5 Å². The predicted molar refractivity (Wildman–Crippen MR) is 184 cm³/mol. The molecule has 250 valence electrons. The van der Waals surface area contributed by atoms with Gasteiger partial charge in [-0.05, 0) is 83.6 Å². The summed E-state index contributed by atoms with van der Waals surface area (Å²) in [7, 11) is 0. The number of H-pyrrole nitrogens is 1. The van der Waals surface area contributed by atoms with Gasteiger partial charge in [-0.1, -0.05) is 17.2 Å². The van der Waals surface area contributed by atoms with E-state index in [-0.39, 0.29) is 23.6 Å². The first-order chi connectivity index (χ1) is 22.6. The van der Waals surface area contributed by atoms with E-state index in [0.717, 1.165) is 88.2 Å². The largest absolute Gasteiger partial charge is 0.378 e. The number of piperazine rings is 1. The lowest BCUT2D eigenvalue weighted by Crippen LogP contribution is -2.52. The summed E-state index contributed by atoms with van der Waals surface area (Å²) >= 11 is 1.62. The Labute approximate surface area is 281 Å². The number of nitrogens with one attached hydrogen (secondary N) is 1. The Hall–Kier alpha value is -3.05. The summed E-state index contributed by atoms with van der Waals surface area (Å²) in [5, 5.41) is 0.927. The number of thiophene rings is 1. The molecule has 8 rings (SSSR count). The standard InChI is InChI=1S/C37H47N5O4S/c1-22-13-23(2)15-24(14-22)34-33(29-17-31(47-35(29)38-34)37(3,4)36(45)42-25-5-6-26(42)8-7-25)30(43)20-40-18-28-16-27(40)19-41(28)21-32(44)39-9-11-46-12-10-39/h13-15,17,25-28,38H,5-12,16,18-21H2,1-4H3/t25?,26?,27-,28-/m0/s1. The Morgan fingerprint density at radius 3 is 2.11 bits per heavy atom. The zero-order chi connectivity index (χ0) is 32.6. The normalized spacial score (nSPS) is 26.3. The molecule has 5 aliphatic rings. The Balaban J connectivity index is 1.05. The van der Waals surface area contributed by atoms with Gasteiger partial charge in [-0.15, -0.1) is 11.3 Å². The molecule has 0 aliphatic carbocycles. The second kappa shape index (κ2) is 11.8. The van der Waals surface area contributed by atoms with Crippen LogP contribution in [0.2, 0.25) is 0 Å². The van der Waals surface area contributed by atoms with E-state index in [9.17, 15) is 14.4 Å². The van der Waals surface area contributed by atoms with Gasteiger partial charge in [0.25, 0.3) is 0 Å². The van der Waals surface area contributed by atoms with Gasteiger partial charge in [0.2, 0.25) is 11.8 Å². The van der Waals surface area contributed by atoms with Gasteiger partial charge in [-0.3, -0.25) is 24.2 Å². The highest BCUT2D eigenvalue weighted by atomic mass is 32.1. The summed E-state index contributed by atoms with van der Waals surface area (Å²) < 4.78 is 5.42. The molecule has 10 heteroatoms. The highest BCUT2D eigenvalue weighted by Crippen LogP contribution is 2.45. The van der Waals surface area contributed by atoms with Gasteiger partial charge in [0.15, 0.2) is 5.78 Å². The molecule has 5 saturated heterocycles. The van der Waals surface area contributed by atoms with Gasteiger partial charge in [-0.2, -0.15) is 0 Å². The number of hydrogen-bond donors (Lipinski definition) is 1. The zero-order valence-corrected chi connectivity index (χ0v) is 29.0. The van der Waals surface area contributed by atoms with Crippen molar-refractivity contribution in [2.45, 2.75) is 89.4 Å². The molecule has 2 atom stereocenters. The van der Waals surface area contributed by atoms with Crippen molar-refractivity contribution in [2.75, 3.05) is 52.5 Å². The maximum absolute atomic E-state index is 14.5. The number of aromatic nitrogens is 1. The van der Waals surface area contributed by atoms with Crippen molar-refractivity contribution in [3.05, 3.63) is 45.8 Å². The number of aromatic amines is 1. The number of carbonyl (C=O) groups is 3. The van der Waals surface area contributed by atoms with Crippen molar-refractivity contribution in [2.24, 2.45) is 0 Å². The molecule has 0 radical (unpaired) electrons. The van der Waals surface area contributed by atoms with Gasteiger partial charge in [-0.25, -0.2) is 0 Å². The number of hydrogen-bond acceptors (Lipinski definition) is 7. The number of morpholine rings is 1. The summed E-state index contributed by atoms with van der Waals surface area (Å²) in [5.74, 6) is 0.516. The van der Waals surface area contributed by atoms with E-state index in [4.69, 9.17) is 4.74 Å². The number of ketones is 1. The van der Waals surface area contributed by atoms with Crippen molar-refractivity contribution >= 4 is 39.2 Å². The number of amides is 2. The molecule has 3 aromatic rings. The molecule has 1 N–H and O–H groups in total. The van der Waals surface area contributed by atoms with E-state index >= 15 is 0 Å². The molecule has 9 nitrogen and oxygen atoms in total. The lowest BCUT2D eigenvalue weighted by Gasteiger charge is -2.35. The van der Waals surface area contributed by atoms with Crippen LogP contribution >= 0.6 is 11.3 Å². The molecule has 1 aromatic carbocycles. The minimum absolute atomic E-state index is 0.111. The quantitative estimate of drug-likeness (QED) is 0.352. The first-order valence-electron chi connectivity index (χ1n) is 17.5. The van der Waals surface area contributed by atoms with Crippen molar-refractivity contribution in [3.63, 3.8) is 0 Å². The fourth-order valence-corrected chi connectivity index (χ4v) is 10.3. The van der Waals surface area contributed by atoms with Crippen LogP contribution in [0, 0.1) is 13.8 Å². The molecule has 0 unspecified atom stereocenters. The molecule has 5 fully saturated rings. The number of nitrogens with zero attached hydrogens (tertiary/aromatic N) is 4. The van der Waals surface area contributed by atoms with Crippen molar-refractivity contribution < 1.29 is 19.1 Å². The molecule has 0 spiro atoms. The summed E-state index contributed by atoms with van der Waals surface area (Å²) in [6.45, 7) is 13.3. The molecular formula is C37H47N5O4S. The summed E-state index contributed by atoms with van der Waals surface area (Å²) in [5.41, 5.74) is 4.29. The molecule has 2 amide bonds. The van der Waals surface area contributed by atoms with Crippen molar-refractivity contribution in [1.29, 1.82) is 0 Å². The minimum atomic E-state index is -0.660. The van der Waals surface area contributed by atoms with Crippen LogP contribution in [0.25, 0.3) is 21.5 Å². The molecule has 4 bridgehead atoms. The molecule has 2 aromatic heterocycles. The van der Waals surface area contributed by atoms with Crippen molar-refractivity contribution in [1.82, 2.24) is 24.6 Å². The monoisotopic (exact) mass is 657 g/mol. The summed E-state index contributed by atoms with van der Waals surface area (Å²) in [6.07, 6.45) is 5.48. The number of ether oxygens (including phenoxy) is 1. The fraction of sp³-hybridized carbons (Fsp3) is 0.595. The van der Waals surface area contributed by atoms with Crippen LogP contribution in [0.4, 0.5) is 0 Å². The summed E-state index contributed by atoms with van der Waals surface area (Å²) in [6, 6.07) is 9.92. The van der Waals surface area contributed by atoms with E-state index < -0.39 is 5.41 Å². The number of benzene rings is 1. The van der Waals surface area contributed by atoms with Crippen LogP contribution in [-0.2, 0) is 19.7 Å². The van der Waals surface area contributed by atoms with Gasteiger partial charge >= 0.3 is 0 Å². The molecule has 5 aliphatic heterocycles. The molecule has 7 heterocycles. The first kappa shape index (κ1) is 31.2. The Kier molecular flexibility index (Phi) is 7.86. The van der Waals surface area contributed by atoms with Gasteiger partial charge in [0.05, 0.1) is 43.0 Å². The SMILES string of the molecule is Cc1cc(C)cc(-c2[nH]c3sc(C(C)(C)C(=O)N4C5CCC4CC5)cc3c2C(=O)CN2C[C@@H]3C[C@H]2CN3CC(=O)N2CCOCC2)c1. The smallest absolute Gasteiger partial charge is 0.236 e. The van der Waals surface area contributed by atoms with E-state index in [1.54, 1.807) is 11.3 Å². The Morgan fingerprint density at radius 1 is 0.872 bits per heavy atom. The number of fused-ring (bicyclic) bond motifs is 5. The average Bonchev–Trinajstić information content (AvgIpc) is 3.89. The summed E-state index contributed by atoms with van der Waals surface area (Å²) in [4.78, 5) is 55.8. The van der Waals surface area contributed by atoms with Gasteiger partial charge in [0.1, 0.15) is 4.83 Å². The van der Waals surface area contributed by atoms with E-state index in [1.807, 2.05) is 4.90 Å². The Bertz CT molecular complexity index is 1700. The number of rotatable bonds is 8. The van der Waals surface area contributed by atoms with Crippen LogP contribution in [0.1, 0.15) is 72.3 Å². The maximum atomic E-state index is 14.5. The third-order valence-electron chi connectivity index (χ3n) is 11.6. The number of carbonyl (C=O) groups excluding carboxylic acids is 3. The maximum Gasteiger partial charge on any atom is 0.236 e. The van der Waals surface area contributed by atoms with Gasteiger partial charge in [0, 0.05) is 60.6 Å². The number of Topliss-reactive ketones (excluding diaryl/α,β-unsaturated/α-hetero) is 1. The topological polar surface area (TPSA) is 89.2 Å². The van der Waals surface area contributed by atoms with Crippen molar-refractivity contribution in [3.8, 4) is 11.3 Å². The number of aryl methyl sites for hydroxylation is 2. The fourth-order valence-electron chi connectivity index (χ4n) is 9.15. The second-order valence-electron chi connectivity index (χ2n) is 15.2. The van der Waals surface area contributed by atoms with Crippen LogP contribution in [0.5, 0.6) is 0 Å². The van der Waals surface area contributed by atoms with Crippen LogP contribution in [0.3, 0.4) is 0 Å². The lowest BCUT2D eigenvalue weighted by molar-refractivity contribution is -0.138. The lowest BCUT2D eigenvalue weighted by atomic mass is 9.88. The highest BCUT2D eigenvalue weighted by Gasteiger charge is 2.48. The van der Waals surface area contributed by atoms with Crippen LogP contribution in [0.15, 0.2) is 24.3 Å². The van der Waals surface area contributed by atoms with Crippen LogP contribution < -0.4 is 0 Å². The highest BCUT2D eigenvalue weighted by molar-refractivity contribution is 7.19. The predicted octanol–water partition coefficient (Wildman–Crippen LogP) is 4.74. The Morgan fingerprint density at radius 2 is 1.49 bits per heavy atom. The zero-order valence-electron chi connectivity index (χ0n) is 28.1. The first-order valence-corrected chi connectivity index (χ1v) is 18.3. The molecule has 0 saturated carbocycles. The molecule has 47 heavy (non-hydrogen) atoms. The van der Waals surface area contributed by atoms with E-state index in [1.165, 1.54) is 0 Å². The van der Waals surface area contributed by atoms with Gasteiger partial charge < -0.3 is 19.5 Å².